The molecule has 0 aromatic heterocycles. The second-order valence-corrected chi connectivity index (χ2v) is 3.14. The van der Waals surface area contributed by atoms with E-state index in [0.717, 1.165) is 11.8 Å². The topological polar surface area (TPSA) is 0 Å². The van der Waals surface area contributed by atoms with Gasteiger partial charge in [-0.15, -0.1) is 0 Å². The van der Waals surface area contributed by atoms with Crippen LogP contribution in [0.1, 0.15) is 25.0 Å². The summed E-state index contributed by atoms with van der Waals surface area (Å²) in [5.41, 5.74) is 2.38. The van der Waals surface area contributed by atoms with Gasteiger partial charge < -0.3 is 13.8 Å². The molecule has 14 heavy (non-hydrogen) atoms. The van der Waals surface area contributed by atoms with Gasteiger partial charge in [0.15, 0.2) is 0 Å². The summed E-state index contributed by atoms with van der Waals surface area (Å²) in [5, 5.41) is 0. The van der Waals surface area contributed by atoms with Crippen molar-refractivity contribution in [2.24, 2.45) is 0 Å². The van der Waals surface area contributed by atoms with Gasteiger partial charge in [0, 0.05) is 0 Å². The molecular formula is C12H14Li2. The van der Waals surface area contributed by atoms with Crippen LogP contribution >= 0.6 is 0 Å². The van der Waals surface area contributed by atoms with Crippen molar-refractivity contribution in [2.75, 3.05) is 0 Å². The maximum atomic E-state index is 3.90. The number of hydrogen-bond donors (Lipinski definition) is 0. The molecule has 0 spiro atoms. The van der Waals surface area contributed by atoms with Gasteiger partial charge in [0.1, 0.15) is 0 Å². The van der Waals surface area contributed by atoms with Crippen LogP contribution in [0.25, 0.3) is 0 Å². The van der Waals surface area contributed by atoms with Crippen molar-refractivity contribution >= 4 is 0 Å². The average Bonchev–Trinajstić information content (AvgIpc) is 2.04. The van der Waals surface area contributed by atoms with Gasteiger partial charge in [-0.05, 0) is 0 Å². The molecule has 0 aliphatic heterocycles. The third kappa shape index (κ3) is 4.77. The molecule has 2 heteroatoms. The van der Waals surface area contributed by atoms with E-state index in [9.17, 15) is 0 Å². The van der Waals surface area contributed by atoms with E-state index in [1.807, 2.05) is 19.9 Å². The summed E-state index contributed by atoms with van der Waals surface area (Å²) >= 11 is 0. The Labute approximate surface area is 112 Å². The minimum absolute atomic E-state index is 0. The summed E-state index contributed by atoms with van der Waals surface area (Å²) < 4.78 is 0. The van der Waals surface area contributed by atoms with E-state index < -0.39 is 0 Å². The first-order valence-corrected chi connectivity index (χ1v) is 4.03. The van der Waals surface area contributed by atoms with Gasteiger partial charge in [0.2, 0.25) is 0 Å². The Bertz CT molecular complexity index is 231. The average molecular weight is 172 g/mol. The van der Waals surface area contributed by atoms with Gasteiger partial charge in [-0.25, -0.2) is 0 Å². The van der Waals surface area contributed by atoms with Crippen molar-refractivity contribution in [1.82, 2.24) is 0 Å². The van der Waals surface area contributed by atoms with Gasteiger partial charge in [0.25, 0.3) is 0 Å². The fourth-order valence-corrected chi connectivity index (χ4v) is 1.05. The second-order valence-electron chi connectivity index (χ2n) is 3.14. The van der Waals surface area contributed by atoms with Crippen molar-refractivity contribution in [1.29, 1.82) is 0 Å². The first kappa shape index (κ1) is 16.8. The summed E-state index contributed by atoms with van der Waals surface area (Å²) in [6.07, 6.45) is 0. The zero-order valence-corrected chi connectivity index (χ0v) is 9.72. The fourth-order valence-electron chi connectivity index (χ4n) is 1.05. The number of benzene rings is 1. The molecule has 0 N–H and O–H groups in total. The van der Waals surface area contributed by atoms with Crippen molar-refractivity contribution in [3.8, 4) is 0 Å². The number of hydrogen-bond acceptors (Lipinski definition) is 0. The van der Waals surface area contributed by atoms with Crippen LogP contribution in [0.5, 0.6) is 0 Å². The summed E-state index contributed by atoms with van der Waals surface area (Å²) in [5.74, 6) is 2.19. The summed E-state index contributed by atoms with van der Waals surface area (Å²) in [4.78, 5) is 0. The molecule has 0 saturated carbocycles. The molecule has 0 atom stereocenters. The molecule has 0 aliphatic carbocycles. The van der Waals surface area contributed by atoms with E-state index in [-0.39, 0.29) is 37.7 Å². The first-order chi connectivity index (χ1) is 5.61. The fraction of sp³-hybridized carbons (Fsp3) is 0.167. The van der Waals surface area contributed by atoms with Crippen LogP contribution in [0.4, 0.5) is 0 Å². The van der Waals surface area contributed by atoms with Crippen molar-refractivity contribution in [3.05, 3.63) is 61.1 Å². The van der Waals surface area contributed by atoms with Gasteiger partial charge >= 0.3 is 37.7 Å². The monoisotopic (exact) mass is 172 g/mol. The molecule has 1 rings (SSSR count). The Morgan fingerprint density at radius 2 is 1.29 bits per heavy atom. The maximum absolute atomic E-state index is 3.90. The van der Waals surface area contributed by atoms with Crippen molar-refractivity contribution in [3.63, 3.8) is 0 Å². The van der Waals surface area contributed by atoms with Crippen LogP contribution in [-0.4, -0.2) is 0 Å². The van der Waals surface area contributed by atoms with Crippen LogP contribution in [0.3, 0.4) is 0 Å². The molecular weight excluding hydrogens is 158 g/mol. The third-order valence-corrected chi connectivity index (χ3v) is 1.85. The molecule has 0 fully saturated rings. The molecule has 0 bridgehead atoms. The standard InChI is InChI=1S/C12H14.2Li/c1-9(2)11-6-5-7-12(8-11)10(3)4;;/h5-8H,1,3H2,2,4H3;;/q-2;2*+1. The Balaban J connectivity index is 0. The predicted octanol–water partition coefficient (Wildman–Crippen LogP) is -2.75. The SMILES string of the molecule is [CH2-][C](C)c1cccc([C]([CH2-])C)c1.[Li+].[Li+]. The predicted molar refractivity (Wildman–Crippen MR) is 53.2 cm³/mol. The Morgan fingerprint density at radius 1 is 0.929 bits per heavy atom. The second kappa shape index (κ2) is 7.67. The van der Waals surface area contributed by atoms with Crippen LogP contribution in [0, 0.1) is 25.7 Å². The van der Waals surface area contributed by atoms with E-state index in [4.69, 9.17) is 0 Å². The molecule has 64 valence electrons. The van der Waals surface area contributed by atoms with E-state index in [0.29, 0.717) is 0 Å². The van der Waals surface area contributed by atoms with Gasteiger partial charge in [0.05, 0.1) is 0 Å². The van der Waals surface area contributed by atoms with Gasteiger partial charge in [-0.1, -0.05) is 49.2 Å². The maximum Gasteiger partial charge on any atom is 1.00 e. The zero-order chi connectivity index (χ0) is 9.14. The zero-order valence-electron chi connectivity index (χ0n) is 9.72. The largest absolute Gasteiger partial charge is 1.00 e. The van der Waals surface area contributed by atoms with E-state index in [2.05, 4.69) is 32.0 Å². The smallest absolute Gasteiger partial charge is 0.335 e. The molecule has 0 saturated heterocycles. The summed E-state index contributed by atoms with van der Waals surface area (Å²) in [6.45, 7) is 11.8. The van der Waals surface area contributed by atoms with Gasteiger partial charge in [-0.3, -0.25) is 0 Å². The molecule has 1 aromatic rings. The Morgan fingerprint density at radius 3 is 1.57 bits per heavy atom. The van der Waals surface area contributed by atoms with E-state index in [1.54, 1.807) is 0 Å². The van der Waals surface area contributed by atoms with Crippen molar-refractivity contribution < 1.29 is 37.7 Å². The minimum Gasteiger partial charge on any atom is -0.335 e. The van der Waals surface area contributed by atoms with E-state index in [1.165, 1.54) is 11.1 Å². The molecule has 2 radical (unpaired) electrons. The van der Waals surface area contributed by atoms with Crippen LogP contribution in [-0.2, 0) is 0 Å². The van der Waals surface area contributed by atoms with Crippen LogP contribution < -0.4 is 37.7 Å². The molecule has 1 aromatic carbocycles. The summed E-state index contributed by atoms with van der Waals surface area (Å²) in [7, 11) is 0. The third-order valence-electron chi connectivity index (χ3n) is 1.85. The van der Waals surface area contributed by atoms with Crippen LogP contribution in [0.2, 0.25) is 0 Å². The first-order valence-electron chi connectivity index (χ1n) is 4.03. The molecule has 0 nitrogen and oxygen atoms in total. The quantitative estimate of drug-likeness (QED) is 0.335. The molecule has 0 aliphatic rings. The Kier molecular flexibility index (Phi) is 9.22. The Hall–Kier alpha value is 0.415. The molecule has 0 heterocycles. The minimum atomic E-state index is 0. The number of rotatable bonds is 2. The van der Waals surface area contributed by atoms with Crippen LogP contribution in [0.15, 0.2) is 24.3 Å². The normalized spacial score (nSPS) is 9.57. The van der Waals surface area contributed by atoms with Gasteiger partial charge in [-0.2, -0.15) is 11.8 Å². The van der Waals surface area contributed by atoms with Crippen molar-refractivity contribution in [2.45, 2.75) is 13.8 Å². The molecule has 0 unspecified atom stereocenters. The summed E-state index contributed by atoms with van der Waals surface area (Å²) in [6, 6.07) is 8.28. The molecule has 0 amide bonds. The van der Waals surface area contributed by atoms with E-state index >= 15 is 0 Å².